The fourth-order valence-electron chi connectivity index (χ4n) is 2.83. The Hall–Kier alpha value is -2.71. The lowest BCUT2D eigenvalue weighted by Gasteiger charge is -2.24. The van der Waals surface area contributed by atoms with E-state index in [0.717, 1.165) is 30.1 Å². The third-order valence-electron chi connectivity index (χ3n) is 4.34. The van der Waals surface area contributed by atoms with Crippen LogP contribution in [0, 0.1) is 17.6 Å². The average molecular weight is 385 g/mol. The predicted molar refractivity (Wildman–Crippen MR) is 87.6 cm³/mol. The fraction of sp³-hybridized carbons (Fsp3) is 0.333. The molecule has 2 aromatic rings. The molecule has 0 spiro atoms. The van der Waals surface area contributed by atoms with Gasteiger partial charge in [0.05, 0.1) is 0 Å². The van der Waals surface area contributed by atoms with Gasteiger partial charge in [0, 0.05) is 25.2 Å². The number of hydrogen-bond acceptors (Lipinski definition) is 2. The molecule has 0 atom stereocenters. The van der Waals surface area contributed by atoms with E-state index in [9.17, 15) is 26.7 Å². The van der Waals surface area contributed by atoms with E-state index in [1.54, 1.807) is 0 Å². The number of amides is 1. The molecule has 1 aromatic heterocycles. The summed E-state index contributed by atoms with van der Waals surface area (Å²) in [4.78, 5) is 13.9. The van der Waals surface area contributed by atoms with Crippen LogP contribution >= 0.6 is 0 Å². The Labute approximate surface area is 151 Å². The Morgan fingerprint density at radius 2 is 2.00 bits per heavy atom. The standard InChI is InChI=1S/C18H16F5N3O/c1-9(12-7-10(19)3-6-13(12)20)8-26(11-4-5-11)18(27)14-15(16(21)22)24-25(2)17(14)23/h3,6-7,11,16H,1,4-5,8H2,2H3. The zero-order valence-electron chi connectivity index (χ0n) is 14.4. The molecule has 4 nitrogen and oxygen atoms in total. The Balaban J connectivity index is 1.92. The Morgan fingerprint density at radius 1 is 1.33 bits per heavy atom. The van der Waals surface area contributed by atoms with Crippen LogP contribution in [-0.4, -0.2) is 33.2 Å². The highest BCUT2D eigenvalue weighted by atomic mass is 19.3. The first kappa shape index (κ1) is 19.1. The number of aryl methyl sites for hydroxylation is 1. The van der Waals surface area contributed by atoms with Crippen molar-refractivity contribution in [3.63, 3.8) is 0 Å². The summed E-state index contributed by atoms with van der Waals surface area (Å²) >= 11 is 0. The number of aromatic nitrogens is 2. The first-order chi connectivity index (χ1) is 12.7. The van der Waals surface area contributed by atoms with E-state index in [1.807, 2.05) is 0 Å². The second-order valence-corrected chi connectivity index (χ2v) is 6.37. The number of nitrogens with zero attached hydrogens (tertiary/aromatic N) is 3. The van der Waals surface area contributed by atoms with Gasteiger partial charge in [-0.1, -0.05) is 6.58 Å². The quantitative estimate of drug-likeness (QED) is 0.703. The molecule has 1 amide bonds. The van der Waals surface area contributed by atoms with Gasteiger partial charge in [0.25, 0.3) is 12.3 Å². The Kier molecular flexibility index (Phi) is 5.03. The highest BCUT2D eigenvalue weighted by Gasteiger charge is 2.38. The molecular weight excluding hydrogens is 369 g/mol. The second-order valence-electron chi connectivity index (χ2n) is 6.37. The van der Waals surface area contributed by atoms with Crippen molar-refractivity contribution in [1.82, 2.24) is 14.7 Å². The molecule has 0 unspecified atom stereocenters. The molecule has 0 bridgehead atoms. The maximum Gasteiger partial charge on any atom is 0.283 e. The molecule has 3 rings (SSSR count). The lowest BCUT2D eigenvalue weighted by atomic mass is 10.1. The van der Waals surface area contributed by atoms with Crippen LogP contribution in [0.2, 0.25) is 0 Å². The van der Waals surface area contributed by atoms with Crippen molar-refractivity contribution in [3.05, 3.63) is 59.2 Å². The molecular formula is C18H16F5N3O. The van der Waals surface area contributed by atoms with Crippen molar-refractivity contribution in [2.24, 2.45) is 7.05 Å². The summed E-state index contributed by atoms with van der Waals surface area (Å²) in [6, 6.07) is 2.49. The molecule has 144 valence electrons. The summed E-state index contributed by atoms with van der Waals surface area (Å²) in [5.74, 6) is -3.57. The van der Waals surface area contributed by atoms with Gasteiger partial charge in [-0.15, -0.1) is 0 Å². The van der Waals surface area contributed by atoms with E-state index in [1.165, 1.54) is 0 Å². The number of halogens is 5. The highest BCUT2D eigenvalue weighted by Crippen LogP contribution is 2.33. The van der Waals surface area contributed by atoms with Gasteiger partial charge >= 0.3 is 0 Å². The number of benzene rings is 1. The zero-order chi connectivity index (χ0) is 19.9. The van der Waals surface area contributed by atoms with Gasteiger partial charge in [-0.25, -0.2) is 22.2 Å². The van der Waals surface area contributed by atoms with Crippen molar-refractivity contribution in [2.75, 3.05) is 6.54 Å². The van der Waals surface area contributed by atoms with E-state index in [4.69, 9.17) is 0 Å². The summed E-state index contributed by atoms with van der Waals surface area (Å²) in [6.07, 6.45) is -1.95. The molecule has 0 radical (unpaired) electrons. The van der Waals surface area contributed by atoms with Crippen LogP contribution in [0.1, 0.15) is 40.9 Å². The van der Waals surface area contributed by atoms with Gasteiger partial charge < -0.3 is 4.90 Å². The molecule has 1 fully saturated rings. The summed E-state index contributed by atoms with van der Waals surface area (Å²) in [5, 5.41) is 3.37. The number of hydrogen-bond donors (Lipinski definition) is 0. The first-order valence-corrected chi connectivity index (χ1v) is 8.15. The monoisotopic (exact) mass is 385 g/mol. The van der Waals surface area contributed by atoms with Crippen LogP contribution in [-0.2, 0) is 7.05 Å². The van der Waals surface area contributed by atoms with Gasteiger partial charge in [-0.3, -0.25) is 4.79 Å². The molecule has 1 aliphatic rings. The predicted octanol–water partition coefficient (Wildman–Crippen LogP) is 4.09. The molecule has 1 heterocycles. The van der Waals surface area contributed by atoms with Gasteiger partial charge in [0.2, 0.25) is 5.95 Å². The minimum absolute atomic E-state index is 0.0788. The zero-order valence-corrected chi connectivity index (χ0v) is 14.4. The maximum atomic E-state index is 14.2. The van der Waals surface area contributed by atoms with Crippen molar-refractivity contribution in [1.29, 1.82) is 0 Å². The van der Waals surface area contributed by atoms with Crippen LogP contribution in [0.5, 0.6) is 0 Å². The topological polar surface area (TPSA) is 38.1 Å². The van der Waals surface area contributed by atoms with Crippen LogP contribution in [0.15, 0.2) is 24.8 Å². The number of carbonyl (C=O) groups is 1. The number of rotatable bonds is 6. The van der Waals surface area contributed by atoms with E-state index in [0.29, 0.717) is 17.5 Å². The van der Waals surface area contributed by atoms with Crippen molar-refractivity contribution < 1.29 is 26.7 Å². The molecule has 1 aromatic carbocycles. The van der Waals surface area contributed by atoms with E-state index in [-0.39, 0.29) is 23.7 Å². The lowest BCUT2D eigenvalue weighted by Crippen LogP contribution is -2.35. The fourth-order valence-corrected chi connectivity index (χ4v) is 2.83. The van der Waals surface area contributed by atoms with Crippen molar-refractivity contribution in [3.8, 4) is 0 Å². The number of carbonyl (C=O) groups excluding carboxylic acids is 1. The van der Waals surface area contributed by atoms with Crippen LogP contribution in [0.3, 0.4) is 0 Å². The SMILES string of the molecule is C=C(CN(C(=O)c1c(C(F)F)nn(C)c1F)C1CC1)c1cc(F)ccc1F. The summed E-state index contributed by atoms with van der Waals surface area (Å²) in [6.45, 7) is 3.43. The highest BCUT2D eigenvalue weighted by molar-refractivity contribution is 5.96. The van der Waals surface area contributed by atoms with Gasteiger partial charge in [-0.2, -0.15) is 9.49 Å². The van der Waals surface area contributed by atoms with Crippen molar-refractivity contribution >= 4 is 11.5 Å². The van der Waals surface area contributed by atoms with E-state index in [2.05, 4.69) is 11.7 Å². The minimum Gasteiger partial charge on any atom is -0.331 e. The third kappa shape index (κ3) is 3.72. The smallest absolute Gasteiger partial charge is 0.283 e. The van der Waals surface area contributed by atoms with E-state index < -0.39 is 41.2 Å². The molecule has 9 heteroatoms. The van der Waals surface area contributed by atoms with Gasteiger partial charge in [0.1, 0.15) is 22.9 Å². The molecule has 0 N–H and O–H groups in total. The summed E-state index contributed by atoms with van der Waals surface area (Å²) in [7, 11) is 1.11. The summed E-state index contributed by atoms with van der Waals surface area (Å²) in [5.41, 5.74) is -1.82. The van der Waals surface area contributed by atoms with E-state index >= 15 is 0 Å². The molecule has 27 heavy (non-hydrogen) atoms. The normalized spacial score (nSPS) is 13.9. The van der Waals surface area contributed by atoms with Crippen LogP contribution < -0.4 is 0 Å². The summed E-state index contributed by atoms with van der Waals surface area (Å²) < 4.78 is 68.5. The molecule has 1 aliphatic carbocycles. The molecule has 0 aliphatic heterocycles. The molecule has 0 saturated heterocycles. The first-order valence-electron chi connectivity index (χ1n) is 8.15. The van der Waals surface area contributed by atoms with Crippen molar-refractivity contribution in [2.45, 2.75) is 25.3 Å². The molecule has 1 saturated carbocycles. The average Bonchev–Trinajstić information content (AvgIpc) is 3.40. The van der Waals surface area contributed by atoms with Gasteiger partial charge in [0.15, 0.2) is 0 Å². The maximum absolute atomic E-state index is 14.2. The van der Waals surface area contributed by atoms with Crippen LogP contribution in [0.25, 0.3) is 5.57 Å². The second kappa shape index (κ2) is 7.13. The largest absolute Gasteiger partial charge is 0.331 e. The van der Waals surface area contributed by atoms with Gasteiger partial charge in [-0.05, 0) is 36.6 Å². The Morgan fingerprint density at radius 3 is 2.59 bits per heavy atom. The lowest BCUT2D eigenvalue weighted by molar-refractivity contribution is 0.0747. The van der Waals surface area contributed by atoms with Crippen LogP contribution in [0.4, 0.5) is 22.0 Å². The Bertz CT molecular complexity index is 905. The third-order valence-corrected chi connectivity index (χ3v) is 4.34. The minimum atomic E-state index is -3.13. The number of alkyl halides is 2.